The quantitative estimate of drug-likeness (QED) is 0.409. The number of nitrogens with zero attached hydrogens (tertiary/aromatic N) is 3. The van der Waals surface area contributed by atoms with Crippen LogP contribution in [0.3, 0.4) is 0 Å². The molecule has 176 valence electrons. The molecule has 1 fully saturated rings. The molecule has 1 aliphatic rings. The van der Waals surface area contributed by atoms with Crippen molar-refractivity contribution in [1.82, 2.24) is 14.7 Å². The molecule has 0 radical (unpaired) electrons. The Morgan fingerprint density at radius 3 is 2.58 bits per heavy atom. The molecule has 1 N–H and O–H groups in total. The Labute approximate surface area is 196 Å². The maximum absolute atomic E-state index is 10.6. The van der Waals surface area contributed by atoms with Crippen molar-refractivity contribution in [3.8, 4) is 28.6 Å². The number of hydrogen-bond acceptors (Lipinski definition) is 5. The molecule has 2 aromatic carbocycles. The average molecular weight is 450 g/mol. The molecule has 1 heterocycles. The lowest BCUT2D eigenvalue weighted by Crippen LogP contribution is -2.33. The van der Waals surface area contributed by atoms with E-state index in [1.807, 2.05) is 54.2 Å². The highest BCUT2D eigenvalue weighted by Crippen LogP contribution is 2.36. The van der Waals surface area contributed by atoms with E-state index in [0.717, 1.165) is 47.9 Å². The summed E-state index contributed by atoms with van der Waals surface area (Å²) >= 11 is 0. The van der Waals surface area contributed by atoms with E-state index in [1.54, 1.807) is 7.11 Å². The lowest BCUT2D eigenvalue weighted by molar-refractivity contribution is 0.0979. The molecule has 0 spiro atoms. The molecule has 0 aliphatic heterocycles. The number of rotatable bonds is 12. The second-order valence-corrected chi connectivity index (χ2v) is 8.98. The lowest BCUT2D eigenvalue weighted by atomic mass is 10.1. The molecule has 0 amide bonds. The second-order valence-electron chi connectivity index (χ2n) is 8.98. The van der Waals surface area contributed by atoms with Gasteiger partial charge in [0.1, 0.15) is 17.2 Å². The number of aromatic nitrogens is 2. The van der Waals surface area contributed by atoms with Crippen LogP contribution in [0.5, 0.6) is 17.4 Å². The fourth-order valence-corrected chi connectivity index (χ4v) is 4.24. The monoisotopic (exact) mass is 449 g/mol. The van der Waals surface area contributed by atoms with Crippen LogP contribution in [0, 0.1) is 5.92 Å². The van der Waals surface area contributed by atoms with E-state index in [0.29, 0.717) is 24.7 Å². The minimum Gasteiger partial charge on any atom is -0.497 e. The van der Waals surface area contributed by atoms with Crippen LogP contribution in [0.1, 0.15) is 38.2 Å². The molecule has 33 heavy (non-hydrogen) atoms. The van der Waals surface area contributed by atoms with Gasteiger partial charge in [0.25, 0.3) is 0 Å². The van der Waals surface area contributed by atoms with Crippen LogP contribution in [0.25, 0.3) is 11.3 Å². The Bertz CT molecular complexity index is 1030. The van der Waals surface area contributed by atoms with E-state index in [9.17, 15) is 5.11 Å². The molecule has 1 atom stereocenters. The van der Waals surface area contributed by atoms with Crippen LogP contribution >= 0.6 is 0 Å². The molecule has 1 saturated carbocycles. The molecular weight excluding hydrogens is 414 g/mol. The number of ether oxygens (including phenoxy) is 2. The Kier molecular flexibility index (Phi) is 7.68. The number of aliphatic hydroxyl groups is 1. The summed E-state index contributed by atoms with van der Waals surface area (Å²) in [6.45, 7) is 4.44. The Balaban J connectivity index is 1.69. The lowest BCUT2D eigenvalue weighted by Gasteiger charge is -2.25. The first-order valence-electron chi connectivity index (χ1n) is 11.9. The molecule has 0 saturated heterocycles. The first-order chi connectivity index (χ1) is 16.1. The standard InChI is InChI=1S/C27H35N3O3/c1-4-9-22(31)18-30(17-20-14-15-20)19-25-26(21-10-6-5-7-11-21)28-29(2)27(25)33-24-13-8-12-23(16-24)32-3/h5-8,10-13,16,20,22,31H,4,9,14-15,17-19H2,1-3H3/t22-/m1/s1. The normalized spacial score (nSPS) is 14.5. The highest BCUT2D eigenvalue weighted by molar-refractivity contribution is 5.65. The topological polar surface area (TPSA) is 59.8 Å². The van der Waals surface area contributed by atoms with Gasteiger partial charge in [0.05, 0.1) is 18.8 Å². The van der Waals surface area contributed by atoms with E-state index in [1.165, 1.54) is 12.8 Å². The van der Waals surface area contributed by atoms with Gasteiger partial charge in [-0.1, -0.05) is 49.7 Å². The minimum absolute atomic E-state index is 0.326. The Morgan fingerprint density at radius 1 is 1.12 bits per heavy atom. The van der Waals surface area contributed by atoms with E-state index in [-0.39, 0.29) is 6.10 Å². The van der Waals surface area contributed by atoms with Crippen LogP contribution < -0.4 is 9.47 Å². The number of methoxy groups -OCH3 is 1. The predicted octanol–water partition coefficient (Wildman–Crippen LogP) is 5.26. The van der Waals surface area contributed by atoms with Gasteiger partial charge in [0, 0.05) is 38.3 Å². The molecule has 3 aromatic rings. The van der Waals surface area contributed by atoms with Gasteiger partial charge < -0.3 is 14.6 Å². The first-order valence-corrected chi connectivity index (χ1v) is 11.9. The fraction of sp³-hybridized carbons (Fsp3) is 0.444. The zero-order valence-electron chi connectivity index (χ0n) is 19.9. The van der Waals surface area contributed by atoms with Gasteiger partial charge in [-0.3, -0.25) is 4.90 Å². The summed E-state index contributed by atoms with van der Waals surface area (Å²) in [7, 11) is 3.57. The maximum Gasteiger partial charge on any atom is 0.222 e. The molecule has 6 nitrogen and oxygen atoms in total. The van der Waals surface area contributed by atoms with Gasteiger partial charge in [0.15, 0.2) is 0 Å². The Morgan fingerprint density at radius 2 is 1.88 bits per heavy atom. The molecule has 0 unspecified atom stereocenters. The van der Waals surface area contributed by atoms with Crippen molar-refractivity contribution in [2.75, 3.05) is 20.2 Å². The van der Waals surface area contributed by atoms with Crippen molar-refractivity contribution in [2.24, 2.45) is 13.0 Å². The maximum atomic E-state index is 10.6. The largest absolute Gasteiger partial charge is 0.497 e. The van der Waals surface area contributed by atoms with Crippen LogP contribution in [0.2, 0.25) is 0 Å². The SMILES string of the molecule is CCC[C@@H](O)CN(Cc1c(-c2ccccc2)nn(C)c1Oc1cccc(OC)c1)CC1CC1. The first kappa shape index (κ1) is 23.3. The number of aliphatic hydroxyl groups excluding tert-OH is 1. The van der Waals surface area contributed by atoms with Crippen LogP contribution in [-0.4, -0.2) is 46.1 Å². The highest BCUT2D eigenvalue weighted by atomic mass is 16.5. The summed E-state index contributed by atoms with van der Waals surface area (Å²) in [6, 6.07) is 17.9. The van der Waals surface area contributed by atoms with Gasteiger partial charge >= 0.3 is 0 Å². The van der Waals surface area contributed by atoms with Gasteiger partial charge in [-0.05, 0) is 37.3 Å². The van der Waals surface area contributed by atoms with Gasteiger partial charge in [0.2, 0.25) is 5.88 Å². The summed E-state index contributed by atoms with van der Waals surface area (Å²) in [5.41, 5.74) is 3.02. The number of aryl methyl sites for hydroxylation is 1. The third-order valence-electron chi connectivity index (χ3n) is 6.08. The highest BCUT2D eigenvalue weighted by Gasteiger charge is 2.28. The fourth-order valence-electron chi connectivity index (χ4n) is 4.24. The zero-order valence-corrected chi connectivity index (χ0v) is 19.9. The minimum atomic E-state index is -0.326. The Hall–Kier alpha value is -2.83. The van der Waals surface area contributed by atoms with Crippen LogP contribution in [-0.2, 0) is 13.6 Å². The predicted molar refractivity (Wildman–Crippen MR) is 131 cm³/mol. The summed E-state index contributed by atoms with van der Waals surface area (Å²) in [5.74, 6) is 2.89. The smallest absolute Gasteiger partial charge is 0.222 e. The third-order valence-corrected chi connectivity index (χ3v) is 6.08. The summed E-state index contributed by atoms with van der Waals surface area (Å²) in [6.07, 6.45) is 4.00. The molecule has 1 aromatic heterocycles. The van der Waals surface area contributed by atoms with E-state index in [4.69, 9.17) is 14.6 Å². The van der Waals surface area contributed by atoms with E-state index < -0.39 is 0 Å². The summed E-state index contributed by atoms with van der Waals surface area (Å²) < 4.78 is 13.6. The average Bonchev–Trinajstić information content (AvgIpc) is 3.59. The molecular formula is C27H35N3O3. The van der Waals surface area contributed by atoms with Crippen molar-refractivity contribution in [3.63, 3.8) is 0 Å². The van der Waals surface area contributed by atoms with Crippen molar-refractivity contribution in [2.45, 2.75) is 45.3 Å². The summed E-state index contributed by atoms with van der Waals surface area (Å²) in [5, 5.41) is 15.4. The van der Waals surface area contributed by atoms with Gasteiger partial charge in [-0.2, -0.15) is 5.10 Å². The van der Waals surface area contributed by atoms with Crippen LogP contribution in [0.4, 0.5) is 0 Å². The third kappa shape index (κ3) is 6.15. The van der Waals surface area contributed by atoms with E-state index >= 15 is 0 Å². The van der Waals surface area contributed by atoms with Crippen molar-refractivity contribution >= 4 is 0 Å². The van der Waals surface area contributed by atoms with Crippen LogP contribution in [0.15, 0.2) is 54.6 Å². The van der Waals surface area contributed by atoms with Crippen molar-refractivity contribution in [1.29, 1.82) is 0 Å². The van der Waals surface area contributed by atoms with Crippen molar-refractivity contribution < 1.29 is 14.6 Å². The number of hydrogen-bond donors (Lipinski definition) is 1. The van der Waals surface area contributed by atoms with Gasteiger partial charge in [-0.15, -0.1) is 0 Å². The molecule has 4 rings (SSSR count). The van der Waals surface area contributed by atoms with Gasteiger partial charge in [-0.25, -0.2) is 4.68 Å². The second kappa shape index (κ2) is 10.9. The molecule has 6 heteroatoms. The zero-order chi connectivity index (χ0) is 23.2. The molecule has 0 bridgehead atoms. The summed E-state index contributed by atoms with van der Waals surface area (Å²) in [4.78, 5) is 2.37. The number of benzene rings is 2. The van der Waals surface area contributed by atoms with E-state index in [2.05, 4.69) is 24.0 Å². The molecule has 1 aliphatic carbocycles. The van der Waals surface area contributed by atoms with Crippen molar-refractivity contribution in [3.05, 3.63) is 60.2 Å².